The highest BCUT2D eigenvalue weighted by Gasteiger charge is 2.15. The Hall–Kier alpha value is -2.43. The molecular weight excluding hydrogens is 273 g/mol. The van der Waals surface area contributed by atoms with E-state index in [1.807, 2.05) is 18.2 Å². The molecule has 0 saturated heterocycles. The van der Waals surface area contributed by atoms with Crippen LogP contribution in [0.4, 0.5) is 10.1 Å². The van der Waals surface area contributed by atoms with E-state index in [2.05, 4.69) is 5.32 Å². The monoisotopic (exact) mass is 289 g/mol. The molecule has 0 radical (unpaired) electrons. The van der Waals surface area contributed by atoms with Crippen molar-refractivity contribution in [2.45, 2.75) is 6.54 Å². The Balaban J connectivity index is 1.76. The average molecular weight is 289 g/mol. The maximum absolute atomic E-state index is 13.4. The van der Waals surface area contributed by atoms with E-state index in [-0.39, 0.29) is 11.6 Å². The van der Waals surface area contributed by atoms with Crippen molar-refractivity contribution in [2.75, 3.05) is 25.6 Å². The molecule has 0 atom stereocenters. The summed E-state index contributed by atoms with van der Waals surface area (Å²) in [6.45, 7) is 1.68. The van der Waals surface area contributed by atoms with Gasteiger partial charge in [-0.3, -0.25) is 0 Å². The number of halogens is 1. The first kappa shape index (κ1) is 13.5. The molecule has 0 aliphatic carbocycles. The summed E-state index contributed by atoms with van der Waals surface area (Å²) in [4.78, 5) is 0. The minimum atomic E-state index is -0.378. The lowest BCUT2D eigenvalue weighted by Gasteiger charge is -2.21. The Morgan fingerprint density at radius 2 is 2.05 bits per heavy atom. The first-order chi connectivity index (χ1) is 10.3. The van der Waals surface area contributed by atoms with E-state index < -0.39 is 0 Å². The predicted octanol–water partition coefficient (Wildman–Crippen LogP) is 3.22. The molecule has 3 rings (SSSR count). The standard InChI is InChI=1S/C16H16FNO3/c1-19-15-9-12(5-6-13(15)17)18-10-11-3-2-4-14-16(11)21-8-7-20-14/h2-6,9,18H,7-8,10H2,1H3. The number of benzene rings is 2. The molecule has 1 aliphatic rings. The Bertz CT molecular complexity index is 645. The highest BCUT2D eigenvalue weighted by atomic mass is 19.1. The quantitative estimate of drug-likeness (QED) is 0.938. The lowest BCUT2D eigenvalue weighted by atomic mass is 10.1. The van der Waals surface area contributed by atoms with Crippen LogP contribution in [0.3, 0.4) is 0 Å². The van der Waals surface area contributed by atoms with Gasteiger partial charge >= 0.3 is 0 Å². The second kappa shape index (κ2) is 5.91. The molecule has 0 fully saturated rings. The smallest absolute Gasteiger partial charge is 0.166 e. The van der Waals surface area contributed by atoms with Gasteiger partial charge in [0.05, 0.1) is 7.11 Å². The summed E-state index contributed by atoms with van der Waals surface area (Å²) < 4.78 is 29.5. The fourth-order valence-corrected chi connectivity index (χ4v) is 2.24. The molecule has 110 valence electrons. The van der Waals surface area contributed by atoms with Crippen molar-refractivity contribution < 1.29 is 18.6 Å². The van der Waals surface area contributed by atoms with Gasteiger partial charge in [-0.1, -0.05) is 12.1 Å². The molecule has 21 heavy (non-hydrogen) atoms. The second-order valence-corrected chi connectivity index (χ2v) is 4.64. The number of para-hydroxylation sites is 1. The number of rotatable bonds is 4. The van der Waals surface area contributed by atoms with E-state index in [1.165, 1.54) is 13.2 Å². The lowest BCUT2D eigenvalue weighted by molar-refractivity contribution is 0.170. The maximum atomic E-state index is 13.4. The molecule has 0 amide bonds. The molecule has 5 heteroatoms. The van der Waals surface area contributed by atoms with Crippen molar-refractivity contribution in [3.8, 4) is 17.2 Å². The number of methoxy groups -OCH3 is 1. The van der Waals surface area contributed by atoms with Crippen LogP contribution in [0.15, 0.2) is 36.4 Å². The van der Waals surface area contributed by atoms with Crippen molar-refractivity contribution >= 4 is 5.69 Å². The molecule has 4 nitrogen and oxygen atoms in total. The van der Waals surface area contributed by atoms with Gasteiger partial charge in [0.25, 0.3) is 0 Å². The van der Waals surface area contributed by atoms with Crippen LogP contribution in [-0.4, -0.2) is 20.3 Å². The SMILES string of the molecule is COc1cc(NCc2cccc3c2OCCO3)ccc1F. The van der Waals surface area contributed by atoms with E-state index >= 15 is 0 Å². The summed E-state index contributed by atoms with van der Waals surface area (Å²) in [5.41, 5.74) is 1.78. The number of ether oxygens (including phenoxy) is 3. The highest BCUT2D eigenvalue weighted by Crippen LogP contribution is 2.34. The molecule has 0 saturated carbocycles. The minimum absolute atomic E-state index is 0.217. The summed E-state index contributed by atoms with van der Waals surface area (Å²) in [5, 5.41) is 3.23. The highest BCUT2D eigenvalue weighted by molar-refractivity contribution is 5.52. The van der Waals surface area contributed by atoms with Crippen molar-refractivity contribution in [1.82, 2.24) is 0 Å². The second-order valence-electron chi connectivity index (χ2n) is 4.64. The molecule has 2 aromatic carbocycles. The molecule has 0 unspecified atom stereocenters. The number of nitrogens with one attached hydrogen (secondary N) is 1. The minimum Gasteiger partial charge on any atom is -0.494 e. The first-order valence-electron chi connectivity index (χ1n) is 6.73. The third kappa shape index (κ3) is 2.86. The van der Waals surface area contributed by atoms with E-state index in [9.17, 15) is 4.39 Å². The van der Waals surface area contributed by atoms with Gasteiger partial charge in [-0.2, -0.15) is 0 Å². The van der Waals surface area contributed by atoms with E-state index in [0.717, 1.165) is 22.7 Å². The van der Waals surface area contributed by atoms with Gasteiger partial charge in [0, 0.05) is 23.9 Å². The summed E-state index contributed by atoms with van der Waals surface area (Å²) in [5.74, 6) is 1.37. The molecule has 0 spiro atoms. The molecule has 2 aromatic rings. The van der Waals surface area contributed by atoms with Crippen LogP contribution in [0.2, 0.25) is 0 Å². The first-order valence-corrected chi connectivity index (χ1v) is 6.73. The van der Waals surface area contributed by atoms with E-state index in [0.29, 0.717) is 19.8 Å². The Kier molecular flexibility index (Phi) is 3.81. The summed E-state index contributed by atoms with van der Waals surface area (Å²) >= 11 is 0. The number of hydrogen-bond donors (Lipinski definition) is 1. The molecular formula is C16H16FNO3. The number of anilines is 1. The molecule has 1 aliphatic heterocycles. The van der Waals surface area contributed by atoms with Crippen LogP contribution in [-0.2, 0) is 6.54 Å². The van der Waals surface area contributed by atoms with Gasteiger partial charge in [-0.15, -0.1) is 0 Å². The Morgan fingerprint density at radius 3 is 2.90 bits per heavy atom. The predicted molar refractivity (Wildman–Crippen MR) is 77.7 cm³/mol. The van der Waals surface area contributed by atoms with E-state index in [4.69, 9.17) is 14.2 Å². The van der Waals surface area contributed by atoms with Gasteiger partial charge in [-0.05, 0) is 18.2 Å². The summed E-state index contributed by atoms with van der Waals surface area (Å²) in [7, 11) is 1.45. The summed E-state index contributed by atoms with van der Waals surface area (Å²) in [6.07, 6.45) is 0. The summed E-state index contributed by atoms with van der Waals surface area (Å²) in [6, 6.07) is 10.5. The number of hydrogen-bond acceptors (Lipinski definition) is 4. The Morgan fingerprint density at radius 1 is 1.19 bits per heavy atom. The zero-order valence-corrected chi connectivity index (χ0v) is 11.7. The van der Waals surface area contributed by atoms with Gasteiger partial charge in [-0.25, -0.2) is 4.39 Å². The fourth-order valence-electron chi connectivity index (χ4n) is 2.24. The van der Waals surface area contributed by atoms with E-state index in [1.54, 1.807) is 12.1 Å². The van der Waals surface area contributed by atoms with Crippen molar-refractivity contribution in [3.63, 3.8) is 0 Å². The van der Waals surface area contributed by atoms with Gasteiger partial charge in [0.2, 0.25) is 0 Å². The van der Waals surface area contributed by atoms with Gasteiger partial charge in [0.15, 0.2) is 23.1 Å². The molecule has 0 bridgehead atoms. The van der Waals surface area contributed by atoms with Gasteiger partial charge < -0.3 is 19.5 Å². The third-order valence-electron chi connectivity index (χ3n) is 3.28. The van der Waals surface area contributed by atoms with Crippen LogP contribution in [0.1, 0.15) is 5.56 Å². The topological polar surface area (TPSA) is 39.7 Å². The van der Waals surface area contributed by atoms with Crippen molar-refractivity contribution in [1.29, 1.82) is 0 Å². The van der Waals surface area contributed by atoms with Crippen molar-refractivity contribution in [3.05, 3.63) is 47.8 Å². The number of fused-ring (bicyclic) bond motifs is 1. The van der Waals surface area contributed by atoms with Crippen LogP contribution >= 0.6 is 0 Å². The zero-order valence-electron chi connectivity index (χ0n) is 11.7. The van der Waals surface area contributed by atoms with Crippen LogP contribution in [0.5, 0.6) is 17.2 Å². The van der Waals surface area contributed by atoms with Crippen molar-refractivity contribution in [2.24, 2.45) is 0 Å². The molecule has 1 heterocycles. The maximum Gasteiger partial charge on any atom is 0.166 e. The van der Waals surface area contributed by atoms with Crippen LogP contribution in [0, 0.1) is 5.82 Å². The van der Waals surface area contributed by atoms with Gasteiger partial charge in [0.1, 0.15) is 13.2 Å². The zero-order chi connectivity index (χ0) is 14.7. The largest absolute Gasteiger partial charge is 0.494 e. The fraction of sp³-hybridized carbons (Fsp3) is 0.250. The van der Waals surface area contributed by atoms with Crippen LogP contribution < -0.4 is 19.5 Å². The van der Waals surface area contributed by atoms with Crippen LogP contribution in [0.25, 0.3) is 0 Å². The average Bonchev–Trinajstić information content (AvgIpc) is 2.54. The Labute approximate surface area is 122 Å². The third-order valence-corrected chi connectivity index (χ3v) is 3.28. The normalized spacial score (nSPS) is 12.9. The molecule has 1 N–H and O–H groups in total. The molecule has 0 aromatic heterocycles. The lowest BCUT2D eigenvalue weighted by Crippen LogP contribution is -2.17.